The molecule has 1 atom stereocenters. The van der Waals surface area contributed by atoms with E-state index in [4.69, 9.17) is 14.2 Å². The largest absolute Gasteiger partial charge is 0.508 e. The molecule has 21 heavy (non-hydrogen) atoms. The third-order valence-corrected chi connectivity index (χ3v) is 3.50. The summed E-state index contributed by atoms with van der Waals surface area (Å²) in [7, 11) is 3.22. The van der Waals surface area contributed by atoms with Crippen molar-refractivity contribution >= 4 is 5.69 Å². The van der Waals surface area contributed by atoms with Crippen LogP contribution < -0.4 is 19.5 Å². The van der Waals surface area contributed by atoms with Gasteiger partial charge in [0.1, 0.15) is 18.1 Å². The standard InChI is InChI=1S/C16H17NO4/c1-19-14-6-3-10(7-16(14)20-2)17-13-9-21-15-8-11(18)4-5-12(13)15/h3-8,13,17-18H,9H2,1-2H3. The normalized spacial score (nSPS) is 16.0. The molecule has 0 amide bonds. The van der Waals surface area contributed by atoms with Gasteiger partial charge in [-0.15, -0.1) is 0 Å². The van der Waals surface area contributed by atoms with Gasteiger partial charge in [-0.3, -0.25) is 0 Å². The summed E-state index contributed by atoms with van der Waals surface area (Å²) in [5.41, 5.74) is 1.95. The Labute approximate surface area is 123 Å². The molecule has 2 aromatic carbocycles. The topological polar surface area (TPSA) is 60.0 Å². The first kappa shape index (κ1) is 13.4. The highest BCUT2D eigenvalue weighted by Gasteiger charge is 2.24. The molecular formula is C16H17NO4. The van der Waals surface area contributed by atoms with Crippen LogP contribution in [0.4, 0.5) is 5.69 Å². The molecule has 1 heterocycles. The monoisotopic (exact) mass is 287 g/mol. The van der Waals surface area contributed by atoms with Gasteiger partial charge in [-0.1, -0.05) is 0 Å². The van der Waals surface area contributed by atoms with Crippen LogP contribution in [0.25, 0.3) is 0 Å². The van der Waals surface area contributed by atoms with Crippen LogP contribution in [0.5, 0.6) is 23.0 Å². The molecule has 0 aliphatic carbocycles. The van der Waals surface area contributed by atoms with Crippen molar-refractivity contribution in [1.82, 2.24) is 0 Å². The predicted octanol–water partition coefficient (Wildman–Crippen LogP) is 2.96. The lowest BCUT2D eigenvalue weighted by molar-refractivity contribution is 0.338. The molecule has 2 N–H and O–H groups in total. The maximum atomic E-state index is 9.47. The highest BCUT2D eigenvalue weighted by molar-refractivity contribution is 5.57. The molecule has 1 unspecified atom stereocenters. The molecule has 0 fully saturated rings. The number of benzene rings is 2. The number of anilines is 1. The van der Waals surface area contributed by atoms with E-state index in [2.05, 4.69) is 5.32 Å². The molecule has 5 nitrogen and oxygen atoms in total. The Balaban J connectivity index is 1.83. The highest BCUT2D eigenvalue weighted by Crippen LogP contribution is 2.38. The third kappa shape index (κ3) is 2.54. The highest BCUT2D eigenvalue weighted by atomic mass is 16.5. The quantitative estimate of drug-likeness (QED) is 0.905. The maximum absolute atomic E-state index is 9.47. The Morgan fingerprint density at radius 1 is 1.10 bits per heavy atom. The zero-order valence-electron chi connectivity index (χ0n) is 11.9. The van der Waals surface area contributed by atoms with Crippen LogP contribution in [0.2, 0.25) is 0 Å². The zero-order valence-corrected chi connectivity index (χ0v) is 11.9. The number of rotatable bonds is 4. The third-order valence-electron chi connectivity index (χ3n) is 3.50. The number of nitrogens with one attached hydrogen (secondary N) is 1. The molecule has 0 bridgehead atoms. The average molecular weight is 287 g/mol. The lowest BCUT2D eigenvalue weighted by Crippen LogP contribution is -2.12. The number of fused-ring (bicyclic) bond motifs is 1. The summed E-state index contributed by atoms with van der Waals surface area (Å²) < 4.78 is 16.1. The first-order chi connectivity index (χ1) is 10.2. The summed E-state index contributed by atoms with van der Waals surface area (Å²) in [5, 5.41) is 12.9. The van der Waals surface area contributed by atoms with Crippen molar-refractivity contribution in [3.8, 4) is 23.0 Å². The van der Waals surface area contributed by atoms with Crippen LogP contribution in [-0.4, -0.2) is 25.9 Å². The Kier molecular flexibility index (Phi) is 3.48. The van der Waals surface area contributed by atoms with Gasteiger partial charge in [0.15, 0.2) is 11.5 Å². The lowest BCUT2D eigenvalue weighted by Gasteiger charge is -2.15. The minimum atomic E-state index is 0.0405. The molecule has 1 aliphatic rings. The van der Waals surface area contributed by atoms with Gasteiger partial charge in [0.05, 0.1) is 20.3 Å². The second kappa shape index (κ2) is 5.44. The molecule has 2 aromatic rings. The second-order valence-corrected chi connectivity index (χ2v) is 4.80. The van der Waals surface area contributed by atoms with Crippen molar-refractivity contribution < 1.29 is 19.3 Å². The van der Waals surface area contributed by atoms with E-state index < -0.39 is 0 Å². The SMILES string of the molecule is COc1ccc(NC2COc3cc(O)ccc32)cc1OC. The summed E-state index contributed by atoms with van der Waals surface area (Å²) >= 11 is 0. The Hall–Kier alpha value is -2.56. The molecule has 0 radical (unpaired) electrons. The van der Waals surface area contributed by atoms with Crippen molar-refractivity contribution in [2.45, 2.75) is 6.04 Å². The number of aromatic hydroxyl groups is 1. The summed E-state index contributed by atoms with van der Waals surface area (Å²) in [4.78, 5) is 0. The number of hydrogen-bond donors (Lipinski definition) is 2. The van der Waals surface area contributed by atoms with Crippen LogP contribution in [-0.2, 0) is 0 Å². The van der Waals surface area contributed by atoms with Crippen LogP contribution in [0.1, 0.15) is 11.6 Å². The first-order valence-corrected chi connectivity index (χ1v) is 6.65. The summed E-state index contributed by atoms with van der Waals surface area (Å²) in [5.74, 6) is 2.29. The summed E-state index contributed by atoms with van der Waals surface area (Å²) in [6, 6.07) is 10.9. The van der Waals surface area contributed by atoms with E-state index in [1.54, 1.807) is 26.4 Å². The van der Waals surface area contributed by atoms with Gasteiger partial charge < -0.3 is 24.6 Å². The summed E-state index contributed by atoms with van der Waals surface area (Å²) in [6.07, 6.45) is 0. The van der Waals surface area contributed by atoms with Gasteiger partial charge in [-0.25, -0.2) is 0 Å². The molecule has 0 saturated heterocycles. The van der Waals surface area contributed by atoms with Gasteiger partial charge >= 0.3 is 0 Å². The van der Waals surface area contributed by atoms with Gasteiger partial charge in [-0.05, 0) is 24.3 Å². The maximum Gasteiger partial charge on any atom is 0.162 e. The minimum Gasteiger partial charge on any atom is -0.508 e. The number of methoxy groups -OCH3 is 2. The molecule has 1 aliphatic heterocycles. The van der Waals surface area contributed by atoms with Crippen molar-refractivity contribution in [3.63, 3.8) is 0 Å². The van der Waals surface area contributed by atoms with Crippen LogP contribution >= 0.6 is 0 Å². The summed E-state index contributed by atoms with van der Waals surface area (Å²) in [6.45, 7) is 0.521. The number of ether oxygens (including phenoxy) is 3. The number of phenolic OH excluding ortho intramolecular Hbond substituents is 1. The fraction of sp³-hybridized carbons (Fsp3) is 0.250. The molecule has 0 spiro atoms. The molecule has 0 saturated carbocycles. The first-order valence-electron chi connectivity index (χ1n) is 6.65. The molecular weight excluding hydrogens is 270 g/mol. The van der Waals surface area contributed by atoms with Gasteiger partial charge in [0.25, 0.3) is 0 Å². The van der Waals surface area contributed by atoms with Crippen LogP contribution in [0.3, 0.4) is 0 Å². The van der Waals surface area contributed by atoms with Gasteiger partial charge in [0.2, 0.25) is 0 Å². The fourth-order valence-electron chi connectivity index (χ4n) is 2.45. The molecule has 5 heteroatoms. The van der Waals surface area contributed by atoms with E-state index in [0.717, 1.165) is 11.3 Å². The number of phenols is 1. The Bertz CT molecular complexity index is 657. The van der Waals surface area contributed by atoms with Crippen LogP contribution in [0, 0.1) is 0 Å². The minimum absolute atomic E-state index is 0.0405. The average Bonchev–Trinajstić information content (AvgIpc) is 2.89. The van der Waals surface area contributed by atoms with Crippen molar-refractivity contribution in [2.75, 3.05) is 26.1 Å². The van der Waals surface area contributed by atoms with E-state index in [1.807, 2.05) is 24.3 Å². The van der Waals surface area contributed by atoms with E-state index >= 15 is 0 Å². The Morgan fingerprint density at radius 2 is 1.90 bits per heavy atom. The smallest absolute Gasteiger partial charge is 0.162 e. The molecule has 110 valence electrons. The van der Waals surface area contributed by atoms with E-state index in [1.165, 1.54) is 0 Å². The van der Waals surface area contributed by atoms with Gasteiger partial charge in [0, 0.05) is 23.4 Å². The Morgan fingerprint density at radius 3 is 2.67 bits per heavy atom. The zero-order chi connectivity index (χ0) is 14.8. The lowest BCUT2D eigenvalue weighted by atomic mass is 10.1. The van der Waals surface area contributed by atoms with Crippen molar-refractivity contribution in [2.24, 2.45) is 0 Å². The second-order valence-electron chi connectivity index (χ2n) is 4.80. The predicted molar refractivity (Wildman–Crippen MR) is 79.5 cm³/mol. The fourth-order valence-corrected chi connectivity index (χ4v) is 2.45. The van der Waals surface area contributed by atoms with E-state index in [0.29, 0.717) is 23.9 Å². The van der Waals surface area contributed by atoms with Gasteiger partial charge in [-0.2, -0.15) is 0 Å². The number of hydrogen-bond acceptors (Lipinski definition) is 5. The van der Waals surface area contributed by atoms with Crippen molar-refractivity contribution in [3.05, 3.63) is 42.0 Å². The van der Waals surface area contributed by atoms with Crippen molar-refractivity contribution in [1.29, 1.82) is 0 Å². The molecule has 3 rings (SSSR count). The van der Waals surface area contributed by atoms with Crippen LogP contribution in [0.15, 0.2) is 36.4 Å². The molecule has 0 aromatic heterocycles. The van der Waals surface area contributed by atoms with E-state index in [9.17, 15) is 5.11 Å². The van der Waals surface area contributed by atoms with E-state index in [-0.39, 0.29) is 11.8 Å².